The molecule has 0 saturated carbocycles. The van der Waals surface area contributed by atoms with Crippen molar-refractivity contribution >= 4 is 5.97 Å². The molecule has 2 fully saturated rings. The van der Waals surface area contributed by atoms with Gasteiger partial charge >= 0.3 is 5.97 Å². The number of esters is 1. The molecule has 40 heavy (non-hydrogen) atoms. The third kappa shape index (κ3) is 7.57. The van der Waals surface area contributed by atoms with Gasteiger partial charge in [0.25, 0.3) is 5.56 Å². The largest absolute Gasteiger partial charge is 0.502 e. The number of hydrogen-bond donors (Lipinski definition) is 3. The van der Waals surface area contributed by atoms with Crippen LogP contribution in [0.5, 0.6) is 5.75 Å². The smallest absolute Gasteiger partial charge is 0.306 e. The number of ether oxygens (including phenoxy) is 2. The number of nitrogens with zero attached hydrogens (tertiary/aromatic N) is 2. The maximum Gasteiger partial charge on any atom is 0.306 e. The molecule has 2 aliphatic rings. The minimum atomic E-state index is -0.599. The van der Waals surface area contributed by atoms with E-state index in [1.165, 1.54) is 11.9 Å². The summed E-state index contributed by atoms with van der Waals surface area (Å²) in [5, 5.41) is 13.4. The molecule has 0 spiro atoms. The van der Waals surface area contributed by atoms with Crippen LogP contribution in [0.4, 0.5) is 0 Å². The SMILES string of the molecule is O=C(CC1CNC1)OCC(Cc1nc[nH]c(=O)c1O)c1ccc(C#Cc2ccc(CN3CCOCC3)cc2)cc1. The Balaban J connectivity index is 1.24. The molecule has 0 amide bonds. The number of aromatic amines is 1. The predicted octanol–water partition coefficient (Wildman–Crippen LogP) is 2.19. The maximum absolute atomic E-state index is 12.4. The summed E-state index contributed by atoms with van der Waals surface area (Å²) < 4.78 is 11.0. The van der Waals surface area contributed by atoms with E-state index in [9.17, 15) is 14.7 Å². The van der Waals surface area contributed by atoms with Gasteiger partial charge in [-0.1, -0.05) is 36.1 Å². The van der Waals surface area contributed by atoms with Gasteiger partial charge in [0.05, 0.1) is 38.3 Å². The van der Waals surface area contributed by atoms with E-state index in [0.717, 1.165) is 62.6 Å². The van der Waals surface area contributed by atoms with Gasteiger partial charge in [-0.2, -0.15) is 0 Å². The number of aromatic hydroxyl groups is 1. The fourth-order valence-corrected chi connectivity index (χ4v) is 4.76. The number of hydrogen-bond acceptors (Lipinski definition) is 8. The van der Waals surface area contributed by atoms with Crippen LogP contribution < -0.4 is 10.9 Å². The van der Waals surface area contributed by atoms with Gasteiger partial charge in [0.15, 0.2) is 0 Å². The molecule has 208 valence electrons. The maximum atomic E-state index is 12.4. The molecule has 3 aromatic rings. The van der Waals surface area contributed by atoms with Crippen LogP contribution in [0, 0.1) is 17.8 Å². The van der Waals surface area contributed by atoms with Gasteiger partial charge in [-0.05, 0) is 54.4 Å². The number of aromatic nitrogens is 2. The number of carbonyl (C=O) groups is 1. The molecule has 9 nitrogen and oxygen atoms in total. The number of carbonyl (C=O) groups excluding carboxylic acids is 1. The topological polar surface area (TPSA) is 117 Å². The van der Waals surface area contributed by atoms with Crippen LogP contribution in [0.2, 0.25) is 0 Å². The average Bonchev–Trinajstić information content (AvgIpc) is 2.96. The van der Waals surface area contributed by atoms with Crippen molar-refractivity contribution in [3.8, 4) is 17.6 Å². The van der Waals surface area contributed by atoms with Gasteiger partial charge in [0, 0.05) is 43.1 Å². The van der Waals surface area contributed by atoms with Crippen molar-refractivity contribution in [2.45, 2.75) is 25.3 Å². The van der Waals surface area contributed by atoms with E-state index < -0.39 is 11.3 Å². The molecule has 0 radical (unpaired) electrons. The lowest BCUT2D eigenvalue weighted by atomic mass is 9.93. The van der Waals surface area contributed by atoms with Gasteiger partial charge in [0.1, 0.15) is 0 Å². The van der Waals surface area contributed by atoms with E-state index in [1.54, 1.807) is 0 Å². The normalized spacial score (nSPS) is 16.4. The van der Waals surface area contributed by atoms with Gasteiger partial charge in [0.2, 0.25) is 5.75 Å². The van der Waals surface area contributed by atoms with E-state index in [0.29, 0.717) is 12.3 Å². The average molecular weight is 543 g/mol. The molecule has 2 saturated heterocycles. The van der Waals surface area contributed by atoms with E-state index >= 15 is 0 Å². The highest BCUT2D eigenvalue weighted by molar-refractivity contribution is 5.70. The summed E-state index contributed by atoms with van der Waals surface area (Å²) >= 11 is 0. The molecule has 3 N–H and O–H groups in total. The van der Waals surface area contributed by atoms with Crippen LogP contribution >= 0.6 is 0 Å². The van der Waals surface area contributed by atoms with Gasteiger partial charge in [-0.3, -0.25) is 14.5 Å². The summed E-state index contributed by atoms with van der Waals surface area (Å²) in [6.07, 6.45) is 1.88. The lowest BCUT2D eigenvalue weighted by molar-refractivity contribution is -0.145. The number of H-pyrrole nitrogens is 1. The predicted molar refractivity (Wildman–Crippen MR) is 150 cm³/mol. The molecule has 0 aliphatic carbocycles. The summed E-state index contributed by atoms with van der Waals surface area (Å²) in [6.45, 7) is 6.18. The van der Waals surface area contributed by atoms with Gasteiger partial charge in [-0.25, -0.2) is 4.98 Å². The monoisotopic (exact) mass is 542 g/mol. The summed E-state index contributed by atoms with van der Waals surface area (Å²) in [6, 6.07) is 16.1. The van der Waals surface area contributed by atoms with E-state index in [4.69, 9.17) is 9.47 Å². The van der Waals surface area contributed by atoms with Crippen molar-refractivity contribution in [1.82, 2.24) is 20.2 Å². The standard InChI is InChI=1S/C31H34N4O5/c36-29(15-25-17-32-18-25)40-20-27(16-28-30(37)31(38)34-21-33-28)26-9-7-23(8-10-26)2-1-22-3-5-24(6-4-22)19-35-11-13-39-14-12-35/h3-10,21,25,27,32,37H,11-20H2,(H,33,34,38). The molecule has 2 aromatic carbocycles. The molecular weight excluding hydrogens is 508 g/mol. The minimum Gasteiger partial charge on any atom is -0.502 e. The zero-order chi connectivity index (χ0) is 27.7. The molecular formula is C31H34N4O5. The highest BCUT2D eigenvalue weighted by Crippen LogP contribution is 2.24. The van der Waals surface area contributed by atoms with Crippen molar-refractivity contribution in [2.75, 3.05) is 46.0 Å². The van der Waals surface area contributed by atoms with Crippen LogP contribution in [0.1, 0.15) is 40.3 Å². The first-order valence-electron chi connectivity index (χ1n) is 13.7. The quantitative estimate of drug-likeness (QED) is 0.278. The van der Waals surface area contributed by atoms with Crippen molar-refractivity contribution in [1.29, 1.82) is 0 Å². The third-order valence-corrected chi connectivity index (χ3v) is 7.31. The summed E-state index contributed by atoms with van der Waals surface area (Å²) in [5.74, 6) is 5.79. The molecule has 3 heterocycles. The third-order valence-electron chi connectivity index (χ3n) is 7.31. The van der Waals surface area contributed by atoms with Crippen LogP contribution in [0.25, 0.3) is 0 Å². The second-order valence-corrected chi connectivity index (χ2v) is 10.3. The van der Waals surface area contributed by atoms with Crippen molar-refractivity contribution in [3.63, 3.8) is 0 Å². The molecule has 1 aromatic heterocycles. The van der Waals surface area contributed by atoms with Crippen molar-refractivity contribution in [2.24, 2.45) is 5.92 Å². The fourth-order valence-electron chi connectivity index (χ4n) is 4.76. The second kappa shape index (κ2) is 13.4. The summed E-state index contributed by atoms with van der Waals surface area (Å²) in [7, 11) is 0. The number of rotatable bonds is 9. The Morgan fingerprint density at radius 2 is 1.75 bits per heavy atom. The van der Waals surface area contributed by atoms with Crippen molar-refractivity contribution in [3.05, 3.63) is 93.2 Å². The van der Waals surface area contributed by atoms with Crippen LogP contribution in [0.15, 0.2) is 59.7 Å². The molecule has 2 aliphatic heterocycles. The first kappa shape index (κ1) is 27.6. The van der Waals surface area contributed by atoms with Gasteiger partial charge in [-0.15, -0.1) is 0 Å². The minimum absolute atomic E-state index is 0.120. The molecule has 0 bridgehead atoms. The molecule has 9 heteroatoms. The van der Waals surface area contributed by atoms with Crippen LogP contribution in [0.3, 0.4) is 0 Å². The van der Waals surface area contributed by atoms with E-state index in [1.807, 2.05) is 36.4 Å². The van der Waals surface area contributed by atoms with Crippen LogP contribution in [-0.2, 0) is 27.2 Å². The van der Waals surface area contributed by atoms with Crippen LogP contribution in [-0.4, -0.2) is 71.9 Å². The number of benzene rings is 2. The first-order valence-corrected chi connectivity index (χ1v) is 13.7. The fraction of sp³-hybridized carbons (Fsp3) is 0.387. The highest BCUT2D eigenvalue weighted by atomic mass is 16.5. The zero-order valence-corrected chi connectivity index (χ0v) is 22.4. The summed E-state index contributed by atoms with van der Waals surface area (Å²) in [4.78, 5) is 33.1. The zero-order valence-electron chi connectivity index (χ0n) is 22.4. The molecule has 1 unspecified atom stereocenters. The van der Waals surface area contributed by atoms with E-state index in [2.05, 4.69) is 44.2 Å². The Hall–Kier alpha value is -3.97. The Bertz CT molecular complexity index is 1400. The highest BCUT2D eigenvalue weighted by Gasteiger charge is 2.23. The van der Waals surface area contributed by atoms with Crippen molar-refractivity contribution < 1.29 is 19.4 Å². The number of morpholine rings is 1. The summed E-state index contributed by atoms with van der Waals surface area (Å²) in [5.41, 5.74) is 3.61. The first-order chi connectivity index (χ1) is 19.5. The Morgan fingerprint density at radius 3 is 2.40 bits per heavy atom. The Morgan fingerprint density at radius 1 is 1.07 bits per heavy atom. The lowest BCUT2D eigenvalue weighted by Gasteiger charge is -2.26. The van der Waals surface area contributed by atoms with Gasteiger partial charge < -0.3 is 24.9 Å². The lowest BCUT2D eigenvalue weighted by Crippen LogP contribution is -2.43. The Kier molecular flexibility index (Phi) is 9.24. The Labute approximate surface area is 233 Å². The van der Waals surface area contributed by atoms with E-state index in [-0.39, 0.29) is 30.6 Å². The second-order valence-electron chi connectivity index (χ2n) is 10.3. The molecule has 5 rings (SSSR count). The molecule has 1 atom stereocenters. The number of nitrogens with one attached hydrogen (secondary N) is 2.